The van der Waals surface area contributed by atoms with Crippen molar-refractivity contribution in [3.63, 3.8) is 0 Å². The largest absolute Gasteiger partial charge is 0.452 e. The van der Waals surface area contributed by atoms with Crippen molar-refractivity contribution in [2.45, 2.75) is 33.6 Å². The van der Waals surface area contributed by atoms with E-state index in [1.807, 2.05) is 48.5 Å². The molecular formula is C33H29Cl2N3O5. The summed E-state index contributed by atoms with van der Waals surface area (Å²) in [6.07, 6.45) is 3.46. The second-order valence-corrected chi connectivity index (χ2v) is 12.4. The fourth-order valence-corrected chi connectivity index (χ4v) is 5.53. The zero-order valence-electron chi connectivity index (χ0n) is 23.8. The number of hydrogen-bond acceptors (Lipinski definition) is 6. The molecule has 1 heterocycles. The van der Waals surface area contributed by atoms with Gasteiger partial charge in [0.25, 0.3) is 11.6 Å². The number of non-ortho nitro benzene ring substituents is 1. The number of para-hydroxylation sites is 1. The lowest BCUT2D eigenvalue weighted by Gasteiger charge is -2.36. The molecule has 0 spiro atoms. The molecular weight excluding hydrogens is 589 g/mol. The number of nitrogens with zero attached hydrogens (tertiary/aromatic N) is 2. The van der Waals surface area contributed by atoms with Crippen LogP contribution >= 0.6 is 23.2 Å². The van der Waals surface area contributed by atoms with Crippen molar-refractivity contribution in [2.24, 2.45) is 11.3 Å². The smallest absolute Gasteiger partial charge is 0.339 e. The van der Waals surface area contributed by atoms with Crippen molar-refractivity contribution in [3.05, 3.63) is 109 Å². The molecule has 1 aliphatic rings. The summed E-state index contributed by atoms with van der Waals surface area (Å²) in [5.74, 6) is -1.14. The molecule has 0 unspecified atom stereocenters. The number of anilines is 1. The lowest BCUT2D eigenvalue weighted by Crippen LogP contribution is -2.29. The number of nitro groups is 1. The Labute approximate surface area is 258 Å². The number of fused-ring (bicyclic) bond motifs is 2. The summed E-state index contributed by atoms with van der Waals surface area (Å²) >= 11 is 12.2. The monoisotopic (exact) mass is 617 g/mol. The van der Waals surface area contributed by atoms with Gasteiger partial charge in [0.1, 0.15) is 0 Å². The number of amides is 1. The van der Waals surface area contributed by atoms with Crippen LogP contribution in [-0.4, -0.2) is 28.4 Å². The van der Waals surface area contributed by atoms with Crippen LogP contribution in [0.15, 0.2) is 66.7 Å². The highest BCUT2D eigenvalue weighted by Crippen LogP contribution is 2.45. The Hall–Kier alpha value is -4.27. The number of benzene rings is 3. The Morgan fingerprint density at radius 2 is 1.79 bits per heavy atom. The molecule has 10 heteroatoms. The molecule has 1 amide bonds. The van der Waals surface area contributed by atoms with E-state index < -0.39 is 23.4 Å². The van der Waals surface area contributed by atoms with Crippen molar-refractivity contribution < 1.29 is 19.2 Å². The Morgan fingerprint density at radius 1 is 1.07 bits per heavy atom. The Balaban J connectivity index is 1.51. The number of halogens is 2. The minimum Gasteiger partial charge on any atom is -0.452 e. The summed E-state index contributed by atoms with van der Waals surface area (Å²) in [6.45, 7) is 5.93. The molecule has 0 saturated heterocycles. The number of aromatic nitrogens is 1. The number of esters is 1. The molecule has 0 saturated carbocycles. The molecule has 1 atom stereocenters. The van der Waals surface area contributed by atoms with Gasteiger partial charge in [0.05, 0.1) is 32.4 Å². The second-order valence-electron chi connectivity index (χ2n) is 11.6. The number of rotatable bonds is 6. The third kappa shape index (κ3) is 6.71. The SMILES string of the molecule is CC(C)(C)[C@@H]1C/C(=C/c2ccc(Cl)cc2)c2nc3ccccc3c(C(=O)OCC(=O)Nc3cc([N+](=O)[O-])ccc3Cl)c2C1. The summed E-state index contributed by atoms with van der Waals surface area (Å²) in [5.41, 5.74) is 4.23. The number of allylic oxidation sites excluding steroid dienone is 1. The van der Waals surface area contributed by atoms with Gasteiger partial charge in [-0.05, 0) is 71.2 Å². The van der Waals surface area contributed by atoms with Crippen molar-refractivity contribution in [3.8, 4) is 0 Å². The molecule has 220 valence electrons. The van der Waals surface area contributed by atoms with Gasteiger partial charge in [-0.25, -0.2) is 9.78 Å². The van der Waals surface area contributed by atoms with E-state index in [4.69, 9.17) is 32.9 Å². The molecule has 0 aliphatic heterocycles. The second kappa shape index (κ2) is 12.1. The van der Waals surface area contributed by atoms with Gasteiger partial charge in [-0.1, -0.05) is 74.3 Å². The Kier molecular flexibility index (Phi) is 8.53. The van der Waals surface area contributed by atoms with E-state index in [9.17, 15) is 19.7 Å². The standard InChI is InChI=1S/C33H29Cl2N3O5/c1-33(2,3)21-15-20(14-19-8-10-22(34)11-9-19)31-25(16-21)30(24-6-4-5-7-27(24)37-31)32(40)43-18-29(39)36-28-17-23(38(41)42)12-13-26(28)35/h4-14,17,21H,15-16,18H2,1-3H3,(H,36,39)/b20-14-/t21-/m1/s1. The maximum atomic E-state index is 13.8. The average molecular weight is 619 g/mol. The number of ether oxygens (including phenoxy) is 1. The molecule has 4 aromatic rings. The first-order valence-electron chi connectivity index (χ1n) is 13.7. The van der Waals surface area contributed by atoms with Crippen molar-refractivity contribution in [1.29, 1.82) is 0 Å². The fraction of sp³-hybridized carbons (Fsp3) is 0.242. The van der Waals surface area contributed by atoms with E-state index in [0.717, 1.165) is 34.9 Å². The molecule has 8 nitrogen and oxygen atoms in total. The normalized spacial score (nSPS) is 15.7. The first-order valence-corrected chi connectivity index (χ1v) is 14.5. The molecule has 1 aromatic heterocycles. The minimum atomic E-state index is -0.682. The van der Waals surface area contributed by atoms with E-state index >= 15 is 0 Å². The van der Waals surface area contributed by atoms with Gasteiger partial charge in [-0.3, -0.25) is 14.9 Å². The van der Waals surface area contributed by atoms with Crippen LogP contribution in [0.2, 0.25) is 10.0 Å². The van der Waals surface area contributed by atoms with E-state index in [-0.39, 0.29) is 27.7 Å². The number of carbonyl (C=O) groups is 2. The fourth-order valence-electron chi connectivity index (χ4n) is 5.24. The van der Waals surface area contributed by atoms with E-state index in [2.05, 4.69) is 32.2 Å². The van der Waals surface area contributed by atoms with Crippen molar-refractivity contribution >= 4 is 69.0 Å². The molecule has 43 heavy (non-hydrogen) atoms. The lowest BCUT2D eigenvalue weighted by atomic mass is 9.69. The Morgan fingerprint density at radius 3 is 2.49 bits per heavy atom. The van der Waals surface area contributed by atoms with E-state index in [0.29, 0.717) is 27.9 Å². The molecule has 5 rings (SSSR count). The third-order valence-corrected chi connectivity index (χ3v) is 8.20. The topological polar surface area (TPSA) is 111 Å². The van der Waals surface area contributed by atoms with Gasteiger partial charge in [0.2, 0.25) is 0 Å². The van der Waals surface area contributed by atoms with Gasteiger partial charge in [-0.15, -0.1) is 0 Å². The highest BCUT2D eigenvalue weighted by atomic mass is 35.5. The maximum absolute atomic E-state index is 13.8. The van der Waals surface area contributed by atoms with Gasteiger partial charge >= 0.3 is 5.97 Å². The summed E-state index contributed by atoms with van der Waals surface area (Å²) in [4.78, 5) is 42.1. The summed E-state index contributed by atoms with van der Waals surface area (Å²) in [7, 11) is 0. The number of hydrogen-bond donors (Lipinski definition) is 1. The van der Waals surface area contributed by atoms with Gasteiger partial charge in [0, 0.05) is 22.5 Å². The molecule has 3 aromatic carbocycles. The summed E-state index contributed by atoms with van der Waals surface area (Å²) < 4.78 is 5.55. The first-order chi connectivity index (χ1) is 20.4. The Bertz CT molecular complexity index is 1780. The van der Waals surface area contributed by atoms with Crippen LogP contribution in [0.5, 0.6) is 0 Å². The first kappa shape index (κ1) is 30.2. The molecule has 0 bridgehead atoms. The van der Waals surface area contributed by atoms with Crippen LogP contribution in [0.3, 0.4) is 0 Å². The highest BCUT2D eigenvalue weighted by molar-refractivity contribution is 6.33. The molecule has 0 fully saturated rings. The average Bonchev–Trinajstić information content (AvgIpc) is 2.96. The molecule has 1 N–H and O–H groups in total. The van der Waals surface area contributed by atoms with E-state index in [1.54, 1.807) is 0 Å². The van der Waals surface area contributed by atoms with Gasteiger partial charge < -0.3 is 10.1 Å². The quantitative estimate of drug-likeness (QED) is 0.132. The predicted molar refractivity (Wildman–Crippen MR) is 169 cm³/mol. The van der Waals surface area contributed by atoms with Crippen molar-refractivity contribution in [2.75, 3.05) is 11.9 Å². The number of carbonyl (C=O) groups excluding carboxylic acids is 2. The summed E-state index contributed by atoms with van der Waals surface area (Å²) in [5, 5.41) is 15.0. The van der Waals surface area contributed by atoms with Crippen LogP contribution < -0.4 is 5.32 Å². The predicted octanol–water partition coefficient (Wildman–Crippen LogP) is 8.39. The highest BCUT2D eigenvalue weighted by Gasteiger charge is 2.35. The van der Waals surface area contributed by atoms with Crippen molar-refractivity contribution in [1.82, 2.24) is 4.98 Å². The number of pyridine rings is 1. The summed E-state index contributed by atoms with van der Waals surface area (Å²) in [6, 6.07) is 18.6. The number of nitrogens with one attached hydrogen (secondary N) is 1. The maximum Gasteiger partial charge on any atom is 0.339 e. The van der Waals surface area contributed by atoms with Gasteiger partial charge in [0.15, 0.2) is 6.61 Å². The third-order valence-electron chi connectivity index (χ3n) is 7.62. The van der Waals surface area contributed by atoms with Crippen LogP contribution in [-0.2, 0) is 16.0 Å². The molecule has 1 aliphatic carbocycles. The zero-order chi connectivity index (χ0) is 30.9. The molecule has 0 radical (unpaired) electrons. The minimum absolute atomic E-state index is 0.0497. The lowest BCUT2D eigenvalue weighted by molar-refractivity contribution is -0.384. The van der Waals surface area contributed by atoms with Crippen LogP contribution in [0.4, 0.5) is 11.4 Å². The number of nitro benzene ring substituents is 1. The van der Waals surface area contributed by atoms with Gasteiger partial charge in [-0.2, -0.15) is 0 Å². The van der Waals surface area contributed by atoms with Crippen LogP contribution in [0, 0.1) is 21.4 Å². The van der Waals surface area contributed by atoms with Crippen LogP contribution in [0.25, 0.3) is 22.6 Å². The van der Waals surface area contributed by atoms with Crippen LogP contribution in [0.1, 0.15) is 54.4 Å². The van der Waals surface area contributed by atoms with E-state index in [1.165, 1.54) is 12.1 Å². The zero-order valence-corrected chi connectivity index (χ0v) is 25.3.